The molecule has 0 unspecified atom stereocenters. The fourth-order valence-corrected chi connectivity index (χ4v) is 2.14. The Hall–Kier alpha value is -1.30. The number of fused-ring (bicyclic) bond motifs is 1. The normalized spacial score (nSPS) is 12.8. The molecule has 0 amide bonds. The van der Waals surface area contributed by atoms with Crippen molar-refractivity contribution in [2.45, 2.75) is 19.3 Å². The van der Waals surface area contributed by atoms with Crippen LogP contribution >= 0.6 is 15.9 Å². The highest BCUT2D eigenvalue weighted by Crippen LogP contribution is 2.41. The van der Waals surface area contributed by atoms with Gasteiger partial charge in [0.1, 0.15) is 5.82 Å². The topological polar surface area (TPSA) is 55.8 Å². The molecule has 1 heterocycles. The minimum absolute atomic E-state index is 0.00157. The lowest BCUT2D eigenvalue weighted by Crippen LogP contribution is -2.00. The molecule has 1 aliphatic rings. The maximum Gasteiger partial charge on any atom is 0.303 e. The van der Waals surface area contributed by atoms with Crippen molar-refractivity contribution in [2.75, 3.05) is 6.79 Å². The molecule has 17 heavy (non-hydrogen) atoms. The smallest absolute Gasteiger partial charge is 0.303 e. The Balaban J connectivity index is 2.23. The Bertz CT molecular complexity index is 461. The van der Waals surface area contributed by atoms with Gasteiger partial charge in [0.15, 0.2) is 11.5 Å². The summed E-state index contributed by atoms with van der Waals surface area (Å²) in [4.78, 5) is 10.4. The predicted octanol–water partition coefficient (Wildman–Crippen LogP) is 2.72. The summed E-state index contributed by atoms with van der Waals surface area (Å²) in [6.07, 6.45) is 0.670. The van der Waals surface area contributed by atoms with Crippen molar-refractivity contribution in [3.63, 3.8) is 0 Å². The lowest BCUT2D eigenvalue weighted by molar-refractivity contribution is -0.137. The molecule has 4 nitrogen and oxygen atoms in total. The van der Waals surface area contributed by atoms with Crippen molar-refractivity contribution in [3.05, 3.63) is 21.9 Å². The summed E-state index contributed by atoms with van der Waals surface area (Å²) in [5.74, 6) is -0.437. The van der Waals surface area contributed by atoms with Crippen molar-refractivity contribution in [1.29, 1.82) is 0 Å². The molecule has 1 aliphatic heterocycles. The minimum Gasteiger partial charge on any atom is -0.481 e. The number of hydrogen-bond donors (Lipinski definition) is 1. The number of aliphatic carboxylic acids is 1. The number of halogens is 2. The first-order valence-corrected chi connectivity index (χ1v) is 5.87. The van der Waals surface area contributed by atoms with Crippen LogP contribution in [0.15, 0.2) is 10.5 Å². The number of carboxylic acids is 1. The van der Waals surface area contributed by atoms with Crippen LogP contribution in [0.5, 0.6) is 11.5 Å². The van der Waals surface area contributed by atoms with Crippen LogP contribution in [0, 0.1) is 5.82 Å². The standard InChI is InChI=1S/C11H10BrFO4/c12-7-4-8-11(17-5-16-8)6(10(7)13)2-1-3-9(14)15/h4H,1-3,5H2,(H,14,15). The highest BCUT2D eigenvalue weighted by atomic mass is 79.9. The van der Waals surface area contributed by atoms with Gasteiger partial charge in [-0.05, 0) is 28.8 Å². The number of ether oxygens (including phenoxy) is 2. The number of rotatable bonds is 4. The zero-order valence-corrected chi connectivity index (χ0v) is 10.4. The molecule has 0 saturated carbocycles. The van der Waals surface area contributed by atoms with Gasteiger partial charge in [0.05, 0.1) is 4.47 Å². The number of carboxylic acid groups (broad SMARTS) is 1. The van der Waals surface area contributed by atoms with Crippen LogP contribution in [0.2, 0.25) is 0 Å². The second-order valence-electron chi connectivity index (χ2n) is 3.63. The minimum atomic E-state index is -0.894. The molecule has 0 spiro atoms. The first kappa shape index (κ1) is 12.2. The van der Waals surface area contributed by atoms with Crippen LogP contribution in [0.3, 0.4) is 0 Å². The Morgan fingerprint density at radius 3 is 3.00 bits per heavy atom. The number of hydrogen-bond acceptors (Lipinski definition) is 3. The van der Waals surface area contributed by atoms with E-state index in [-0.39, 0.29) is 13.2 Å². The summed E-state index contributed by atoms with van der Waals surface area (Å²) in [6, 6.07) is 1.51. The van der Waals surface area contributed by atoms with Crippen LogP contribution in [0.1, 0.15) is 18.4 Å². The molecule has 0 aromatic heterocycles. The lowest BCUT2D eigenvalue weighted by Gasteiger charge is -2.08. The van der Waals surface area contributed by atoms with Gasteiger partial charge in [-0.2, -0.15) is 0 Å². The Morgan fingerprint density at radius 1 is 1.53 bits per heavy atom. The summed E-state index contributed by atoms with van der Waals surface area (Å²) in [7, 11) is 0. The summed E-state index contributed by atoms with van der Waals surface area (Å²) in [6.45, 7) is 0.0666. The van der Waals surface area contributed by atoms with Gasteiger partial charge < -0.3 is 14.6 Å². The van der Waals surface area contributed by atoms with Crippen LogP contribution < -0.4 is 9.47 Å². The zero-order valence-electron chi connectivity index (χ0n) is 8.83. The van der Waals surface area contributed by atoms with Gasteiger partial charge in [0.2, 0.25) is 6.79 Å². The van der Waals surface area contributed by atoms with E-state index in [9.17, 15) is 9.18 Å². The third-order valence-electron chi connectivity index (χ3n) is 2.47. The molecule has 0 aliphatic carbocycles. The van der Waals surface area contributed by atoms with Gasteiger partial charge >= 0.3 is 5.97 Å². The monoisotopic (exact) mass is 304 g/mol. The number of carbonyl (C=O) groups is 1. The van der Waals surface area contributed by atoms with Crippen LogP contribution in [0.4, 0.5) is 4.39 Å². The quantitative estimate of drug-likeness (QED) is 0.929. The first-order valence-electron chi connectivity index (χ1n) is 5.08. The van der Waals surface area contributed by atoms with Gasteiger partial charge in [0, 0.05) is 18.1 Å². The predicted molar refractivity (Wildman–Crippen MR) is 60.8 cm³/mol. The van der Waals surface area contributed by atoms with Gasteiger partial charge in [-0.15, -0.1) is 0 Å². The molecule has 0 radical (unpaired) electrons. The van der Waals surface area contributed by atoms with Crippen LogP contribution in [0.25, 0.3) is 0 Å². The number of benzene rings is 1. The van der Waals surface area contributed by atoms with E-state index >= 15 is 0 Å². The Morgan fingerprint density at radius 2 is 2.29 bits per heavy atom. The van der Waals surface area contributed by atoms with E-state index in [1.165, 1.54) is 6.07 Å². The molecule has 0 atom stereocenters. The molecule has 92 valence electrons. The van der Waals surface area contributed by atoms with E-state index in [0.29, 0.717) is 34.4 Å². The SMILES string of the molecule is O=C(O)CCCc1c(F)c(Br)cc2c1OCO2. The molecule has 0 saturated heterocycles. The van der Waals surface area contributed by atoms with Crippen molar-refractivity contribution < 1.29 is 23.8 Å². The van der Waals surface area contributed by atoms with Crippen LogP contribution in [-0.2, 0) is 11.2 Å². The third-order valence-corrected chi connectivity index (χ3v) is 3.04. The maximum absolute atomic E-state index is 13.9. The van der Waals surface area contributed by atoms with Gasteiger partial charge in [-0.3, -0.25) is 4.79 Å². The fraction of sp³-hybridized carbons (Fsp3) is 0.364. The molecule has 1 aromatic carbocycles. The summed E-state index contributed by atoms with van der Waals surface area (Å²) in [5.41, 5.74) is 0.369. The highest BCUT2D eigenvalue weighted by Gasteiger charge is 2.23. The molecule has 6 heteroatoms. The molecule has 1 N–H and O–H groups in total. The zero-order chi connectivity index (χ0) is 12.4. The summed E-state index contributed by atoms with van der Waals surface area (Å²) >= 11 is 3.09. The van der Waals surface area contributed by atoms with E-state index in [2.05, 4.69) is 15.9 Å². The maximum atomic E-state index is 13.9. The van der Waals surface area contributed by atoms with Crippen molar-refractivity contribution in [3.8, 4) is 11.5 Å². The molecular weight excluding hydrogens is 295 g/mol. The highest BCUT2D eigenvalue weighted by molar-refractivity contribution is 9.10. The van der Waals surface area contributed by atoms with Gasteiger partial charge in [-0.25, -0.2) is 4.39 Å². The largest absolute Gasteiger partial charge is 0.481 e. The second kappa shape index (κ2) is 4.91. The van der Waals surface area contributed by atoms with E-state index in [1.807, 2.05) is 0 Å². The van der Waals surface area contributed by atoms with Crippen molar-refractivity contribution in [2.24, 2.45) is 0 Å². The molecule has 2 rings (SSSR count). The molecule has 1 aromatic rings. The van der Waals surface area contributed by atoms with Crippen molar-refractivity contribution in [1.82, 2.24) is 0 Å². The molecule has 0 fully saturated rings. The fourth-order valence-electron chi connectivity index (χ4n) is 1.69. The first-order chi connectivity index (χ1) is 8.09. The van der Waals surface area contributed by atoms with Gasteiger partial charge in [0.25, 0.3) is 0 Å². The lowest BCUT2D eigenvalue weighted by atomic mass is 10.1. The molecular formula is C11H10BrFO4. The van der Waals surface area contributed by atoms with E-state index < -0.39 is 11.8 Å². The summed E-state index contributed by atoms with van der Waals surface area (Å²) < 4.78 is 24.5. The van der Waals surface area contributed by atoms with Gasteiger partial charge in [-0.1, -0.05) is 0 Å². The van der Waals surface area contributed by atoms with Crippen molar-refractivity contribution >= 4 is 21.9 Å². The van der Waals surface area contributed by atoms with E-state index in [4.69, 9.17) is 14.6 Å². The Kier molecular flexibility index (Phi) is 3.51. The molecule has 0 bridgehead atoms. The van der Waals surface area contributed by atoms with Crippen LogP contribution in [-0.4, -0.2) is 17.9 Å². The summed E-state index contributed by atoms with van der Waals surface area (Å²) in [5, 5.41) is 8.55. The average Bonchev–Trinajstić information content (AvgIpc) is 2.70. The Labute approximate surface area is 105 Å². The average molecular weight is 305 g/mol. The second-order valence-corrected chi connectivity index (χ2v) is 4.49. The van der Waals surface area contributed by atoms with E-state index in [0.717, 1.165) is 0 Å². The third kappa shape index (κ3) is 2.52. The van der Waals surface area contributed by atoms with E-state index in [1.54, 1.807) is 0 Å².